The summed E-state index contributed by atoms with van der Waals surface area (Å²) in [5.41, 5.74) is 4.16. The van der Waals surface area contributed by atoms with Crippen LogP contribution in [0.4, 0.5) is 0 Å². The van der Waals surface area contributed by atoms with E-state index >= 15 is 0 Å². The minimum atomic E-state index is 0.115. The number of pyridine rings is 1. The van der Waals surface area contributed by atoms with Gasteiger partial charge >= 0.3 is 0 Å². The van der Waals surface area contributed by atoms with Gasteiger partial charge in [0.15, 0.2) is 5.65 Å². The molecule has 4 aliphatic rings. The summed E-state index contributed by atoms with van der Waals surface area (Å²) in [7, 11) is 2.01. The van der Waals surface area contributed by atoms with Crippen molar-refractivity contribution in [2.45, 2.75) is 78.7 Å². The number of halogens is 1. The molecule has 1 amide bonds. The Hall–Kier alpha value is -1.88. The number of hydrogen-bond acceptors (Lipinski definition) is 3. The van der Waals surface area contributed by atoms with Crippen molar-refractivity contribution in [1.29, 1.82) is 0 Å². The fraction of sp³-hybridized carbons (Fsp3) is 0.679. The Kier molecular flexibility index (Phi) is 5.02. The number of nitrogens with one attached hydrogen (secondary N) is 1. The van der Waals surface area contributed by atoms with Gasteiger partial charge in [-0.3, -0.25) is 4.79 Å². The minimum absolute atomic E-state index is 0.115. The third-order valence-corrected chi connectivity index (χ3v) is 11.3. The van der Waals surface area contributed by atoms with Gasteiger partial charge in [-0.15, -0.1) is 0 Å². The Labute approximate surface area is 207 Å². The molecule has 5 nitrogen and oxygen atoms in total. The molecule has 2 aromatic heterocycles. The fourth-order valence-corrected chi connectivity index (χ4v) is 8.99. The molecule has 0 bridgehead atoms. The quantitative estimate of drug-likeness (QED) is 0.571. The van der Waals surface area contributed by atoms with Crippen molar-refractivity contribution in [1.82, 2.24) is 19.9 Å². The van der Waals surface area contributed by atoms with E-state index in [1.54, 1.807) is 0 Å². The lowest BCUT2D eigenvalue weighted by Gasteiger charge is -2.60. The summed E-state index contributed by atoms with van der Waals surface area (Å²) in [5, 5.41) is 0.738. The Morgan fingerprint density at radius 3 is 2.71 bits per heavy atom. The summed E-state index contributed by atoms with van der Waals surface area (Å²) in [6, 6.07) is 0.356. The molecule has 3 fully saturated rings. The normalized spacial score (nSPS) is 39.3. The number of H-pyrrole nitrogens is 1. The summed E-state index contributed by atoms with van der Waals surface area (Å²) < 4.78 is 0. The van der Waals surface area contributed by atoms with E-state index in [9.17, 15) is 4.79 Å². The number of carbonyl (C=O) groups excluding carboxylic acids is 1. The average molecular weight is 481 g/mol. The molecule has 3 heterocycles. The zero-order valence-electron chi connectivity index (χ0n) is 21.1. The predicted octanol–water partition coefficient (Wildman–Crippen LogP) is 6.03. The first-order valence-electron chi connectivity index (χ1n) is 13.1. The van der Waals surface area contributed by atoms with Gasteiger partial charge in [0.25, 0.3) is 0 Å². The lowest BCUT2D eigenvalue weighted by molar-refractivity contribution is -0.138. The highest BCUT2D eigenvalue weighted by atomic mass is 35.5. The second-order valence-corrected chi connectivity index (χ2v) is 12.5. The Morgan fingerprint density at radius 1 is 1.12 bits per heavy atom. The number of likely N-dealkylation sites (N-methyl/N-ethyl adjacent to an activating group) is 1. The third-order valence-electron chi connectivity index (χ3n) is 10.8. The Bertz CT molecular complexity index is 1200. The first-order chi connectivity index (χ1) is 16.1. The van der Waals surface area contributed by atoms with Gasteiger partial charge in [0.2, 0.25) is 5.91 Å². The van der Waals surface area contributed by atoms with Crippen LogP contribution in [0.2, 0.25) is 5.02 Å². The molecule has 3 aliphatic carbocycles. The van der Waals surface area contributed by atoms with Gasteiger partial charge in [0.05, 0.1) is 16.2 Å². The van der Waals surface area contributed by atoms with Crippen LogP contribution in [0.1, 0.15) is 69.5 Å². The van der Waals surface area contributed by atoms with Crippen LogP contribution < -0.4 is 0 Å². The smallest absolute Gasteiger partial charge is 0.246 e. The third kappa shape index (κ3) is 3.01. The van der Waals surface area contributed by atoms with Gasteiger partial charge < -0.3 is 9.88 Å². The van der Waals surface area contributed by atoms with Crippen molar-refractivity contribution < 1.29 is 4.79 Å². The highest BCUT2D eigenvalue weighted by Gasteiger charge is 2.60. The minimum Gasteiger partial charge on any atom is -0.340 e. The molecule has 2 aromatic rings. The van der Waals surface area contributed by atoms with Gasteiger partial charge in [0.1, 0.15) is 5.82 Å². The predicted molar refractivity (Wildman–Crippen MR) is 136 cm³/mol. The molecule has 0 radical (unpaired) electrons. The molecule has 3 saturated carbocycles. The van der Waals surface area contributed by atoms with Crippen LogP contribution >= 0.6 is 11.6 Å². The first-order valence-corrected chi connectivity index (χ1v) is 13.5. The standard InChI is InChI=1S/C28H37ClN4O/c1-15-24(29)16(2)30-26-25(15)31-22(32-26)14-17-6-8-19-18-7-9-21-28(4,13-11-23(34)33(21)5)20(18)10-12-27(17,19)3/h11,13,17-21H,6-10,12,14H2,1-5H3,(H,30,31,32)/t17-,18+,19+,20+,21-,27-,28-/m1/s1. The van der Waals surface area contributed by atoms with Crippen molar-refractivity contribution in [2.75, 3.05) is 7.05 Å². The van der Waals surface area contributed by atoms with Gasteiger partial charge in [0, 0.05) is 24.9 Å². The van der Waals surface area contributed by atoms with Crippen molar-refractivity contribution in [3.8, 4) is 0 Å². The van der Waals surface area contributed by atoms with Crippen LogP contribution in [-0.2, 0) is 11.2 Å². The zero-order valence-corrected chi connectivity index (χ0v) is 21.9. The Balaban J connectivity index is 1.26. The maximum absolute atomic E-state index is 12.3. The van der Waals surface area contributed by atoms with Gasteiger partial charge in [-0.25, -0.2) is 9.97 Å². The van der Waals surface area contributed by atoms with E-state index in [2.05, 4.69) is 36.8 Å². The topological polar surface area (TPSA) is 61.9 Å². The molecule has 6 heteroatoms. The molecular weight excluding hydrogens is 444 g/mol. The number of nitrogens with zero attached hydrogens (tertiary/aromatic N) is 3. The monoisotopic (exact) mass is 480 g/mol. The van der Waals surface area contributed by atoms with E-state index in [0.29, 0.717) is 23.3 Å². The van der Waals surface area contributed by atoms with Crippen molar-refractivity contribution in [2.24, 2.45) is 34.5 Å². The summed E-state index contributed by atoms with van der Waals surface area (Å²) in [4.78, 5) is 27.5. The number of aromatic amines is 1. The number of fused-ring (bicyclic) bond motifs is 6. The highest BCUT2D eigenvalue weighted by Crippen LogP contribution is 2.65. The summed E-state index contributed by atoms with van der Waals surface area (Å²) in [5.74, 6) is 4.09. The van der Waals surface area contributed by atoms with E-state index in [1.807, 2.05) is 24.9 Å². The molecule has 0 aromatic carbocycles. The molecule has 34 heavy (non-hydrogen) atoms. The molecular formula is C28H37ClN4O. The SMILES string of the molecule is Cc1nc2nc(C[C@H]3CC[C@H]4[C@@H]5CC[C@H]6N(C)C(=O)C=C[C@]6(C)[C@H]5CC[C@]34C)[nH]c2c(C)c1Cl. The maximum atomic E-state index is 12.3. The second-order valence-electron chi connectivity index (χ2n) is 12.2. The van der Waals surface area contributed by atoms with E-state index in [1.165, 1.54) is 32.1 Å². The van der Waals surface area contributed by atoms with E-state index in [-0.39, 0.29) is 11.3 Å². The molecule has 0 unspecified atom stereocenters. The van der Waals surface area contributed by atoms with Gasteiger partial charge in [-0.05, 0) is 93.1 Å². The first kappa shape index (κ1) is 22.6. The molecule has 182 valence electrons. The van der Waals surface area contributed by atoms with Gasteiger partial charge in [-0.1, -0.05) is 31.5 Å². The zero-order chi connectivity index (χ0) is 24.0. The molecule has 1 aliphatic heterocycles. The number of hydrogen-bond donors (Lipinski definition) is 1. The molecule has 0 saturated heterocycles. The number of imidazole rings is 1. The van der Waals surface area contributed by atoms with Crippen molar-refractivity contribution >= 4 is 28.7 Å². The lowest BCUT2D eigenvalue weighted by atomic mass is 9.47. The molecule has 6 rings (SSSR count). The van der Waals surface area contributed by atoms with Crippen molar-refractivity contribution in [3.05, 3.63) is 34.3 Å². The fourth-order valence-electron chi connectivity index (χ4n) is 8.86. The van der Waals surface area contributed by atoms with Crippen molar-refractivity contribution in [3.63, 3.8) is 0 Å². The number of aromatic nitrogens is 3. The lowest BCUT2D eigenvalue weighted by Crippen LogP contribution is -2.59. The van der Waals surface area contributed by atoms with E-state index in [4.69, 9.17) is 16.6 Å². The van der Waals surface area contributed by atoms with E-state index in [0.717, 1.165) is 57.9 Å². The number of rotatable bonds is 2. The van der Waals surface area contributed by atoms with Crippen LogP contribution in [0, 0.1) is 48.3 Å². The Morgan fingerprint density at radius 2 is 1.91 bits per heavy atom. The summed E-state index contributed by atoms with van der Waals surface area (Å²) in [6.07, 6.45) is 12.7. The number of aryl methyl sites for hydroxylation is 2. The average Bonchev–Trinajstić information content (AvgIpc) is 3.36. The summed E-state index contributed by atoms with van der Waals surface area (Å²) in [6.45, 7) is 9.01. The molecule has 1 N–H and O–H groups in total. The number of amides is 1. The summed E-state index contributed by atoms with van der Waals surface area (Å²) >= 11 is 6.45. The van der Waals surface area contributed by atoms with Crippen LogP contribution in [0.25, 0.3) is 11.2 Å². The maximum Gasteiger partial charge on any atom is 0.246 e. The van der Waals surface area contributed by atoms with Crippen LogP contribution in [0.3, 0.4) is 0 Å². The molecule has 0 spiro atoms. The van der Waals surface area contributed by atoms with E-state index < -0.39 is 0 Å². The van der Waals surface area contributed by atoms with Crippen LogP contribution in [0.15, 0.2) is 12.2 Å². The van der Waals surface area contributed by atoms with Gasteiger partial charge in [-0.2, -0.15) is 0 Å². The second kappa shape index (κ2) is 7.56. The number of carbonyl (C=O) groups is 1. The highest BCUT2D eigenvalue weighted by molar-refractivity contribution is 6.32. The van der Waals surface area contributed by atoms with Crippen LogP contribution in [-0.4, -0.2) is 38.8 Å². The molecule has 7 atom stereocenters. The largest absolute Gasteiger partial charge is 0.340 e. The van der Waals surface area contributed by atoms with Crippen LogP contribution in [0.5, 0.6) is 0 Å².